The Balaban J connectivity index is 3.63. The van der Waals surface area contributed by atoms with E-state index in [2.05, 4.69) is 18.7 Å². The van der Waals surface area contributed by atoms with Crippen LogP contribution < -0.4 is 0 Å². The van der Waals surface area contributed by atoms with Crippen molar-refractivity contribution in [3.63, 3.8) is 0 Å². The number of nitrogens with zero attached hydrogens (tertiary/aromatic N) is 1. The molecule has 3 nitrogen and oxygen atoms in total. The third-order valence-corrected chi connectivity index (χ3v) is 2.59. The zero-order valence-electron chi connectivity index (χ0n) is 9.74. The van der Waals surface area contributed by atoms with Crippen molar-refractivity contribution in [3.05, 3.63) is 0 Å². The Morgan fingerprint density at radius 1 is 1.14 bits per heavy atom. The largest absolute Gasteiger partial charge is 0.396 e. The maximum atomic E-state index is 9.08. The molecule has 3 heteroatoms. The fourth-order valence-electron chi connectivity index (χ4n) is 1.53. The SMILES string of the molecule is CC(C)CCCN(C)C(CO)CCO. The van der Waals surface area contributed by atoms with Crippen LogP contribution in [0.3, 0.4) is 0 Å². The Labute approximate surface area is 87.7 Å². The molecular formula is C11H25NO2. The number of aliphatic hydroxyl groups is 2. The predicted octanol–water partition coefficient (Wildman–Crippen LogP) is 1.10. The molecule has 0 aromatic rings. The molecule has 0 aliphatic rings. The molecule has 14 heavy (non-hydrogen) atoms. The Hall–Kier alpha value is -0.120. The average Bonchev–Trinajstić information content (AvgIpc) is 2.13. The molecule has 0 aliphatic carbocycles. The third-order valence-electron chi connectivity index (χ3n) is 2.59. The second-order valence-corrected chi connectivity index (χ2v) is 4.37. The highest BCUT2D eigenvalue weighted by molar-refractivity contribution is 4.67. The van der Waals surface area contributed by atoms with Gasteiger partial charge in [0.15, 0.2) is 0 Å². The van der Waals surface area contributed by atoms with Crippen LogP contribution >= 0.6 is 0 Å². The van der Waals surface area contributed by atoms with Crippen molar-refractivity contribution in [2.75, 3.05) is 26.8 Å². The van der Waals surface area contributed by atoms with Crippen molar-refractivity contribution in [2.24, 2.45) is 5.92 Å². The van der Waals surface area contributed by atoms with Gasteiger partial charge in [0.2, 0.25) is 0 Å². The summed E-state index contributed by atoms with van der Waals surface area (Å²) in [5.41, 5.74) is 0. The normalized spacial score (nSPS) is 13.9. The second-order valence-electron chi connectivity index (χ2n) is 4.37. The van der Waals surface area contributed by atoms with Crippen molar-refractivity contribution in [3.8, 4) is 0 Å². The second kappa shape index (κ2) is 8.21. The van der Waals surface area contributed by atoms with Crippen LogP contribution in [0.15, 0.2) is 0 Å². The van der Waals surface area contributed by atoms with E-state index in [1.807, 2.05) is 7.05 Å². The highest BCUT2D eigenvalue weighted by Crippen LogP contribution is 2.07. The molecule has 0 fully saturated rings. The summed E-state index contributed by atoms with van der Waals surface area (Å²) in [7, 11) is 2.01. The third kappa shape index (κ3) is 6.35. The molecule has 0 aromatic carbocycles. The first-order valence-electron chi connectivity index (χ1n) is 5.53. The highest BCUT2D eigenvalue weighted by Gasteiger charge is 2.12. The molecule has 0 saturated heterocycles. The van der Waals surface area contributed by atoms with E-state index in [0.29, 0.717) is 6.42 Å². The number of likely N-dealkylation sites (N-methyl/N-ethyl adjacent to an activating group) is 1. The monoisotopic (exact) mass is 203 g/mol. The van der Waals surface area contributed by atoms with Crippen LogP contribution in [-0.4, -0.2) is 48.0 Å². The molecule has 0 aromatic heterocycles. The van der Waals surface area contributed by atoms with Crippen molar-refractivity contribution < 1.29 is 10.2 Å². The molecule has 0 rings (SSSR count). The number of aliphatic hydroxyl groups excluding tert-OH is 2. The van der Waals surface area contributed by atoms with Gasteiger partial charge in [0, 0.05) is 12.6 Å². The van der Waals surface area contributed by atoms with E-state index < -0.39 is 0 Å². The van der Waals surface area contributed by atoms with Crippen LogP contribution in [0.5, 0.6) is 0 Å². The number of hydrogen-bond acceptors (Lipinski definition) is 3. The number of hydrogen-bond donors (Lipinski definition) is 2. The standard InChI is InChI=1S/C11H25NO2/c1-10(2)5-4-7-12(3)11(9-14)6-8-13/h10-11,13-14H,4-9H2,1-3H3. The first-order valence-corrected chi connectivity index (χ1v) is 5.53. The topological polar surface area (TPSA) is 43.7 Å². The fourth-order valence-corrected chi connectivity index (χ4v) is 1.53. The Morgan fingerprint density at radius 3 is 2.21 bits per heavy atom. The van der Waals surface area contributed by atoms with Gasteiger partial charge in [-0.3, -0.25) is 0 Å². The smallest absolute Gasteiger partial charge is 0.0587 e. The summed E-state index contributed by atoms with van der Waals surface area (Å²) < 4.78 is 0. The van der Waals surface area contributed by atoms with Crippen molar-refractivity contribution >= 4 is 0 Å². The summed E-state index contributed by atoms with van der Waals surface area (Å²) >= 11 is 0. The molecule has 0 bridgehead atoms. The van der Waals surface area contributed by atoms with Gasteiger partial charge in [-0.25, -0.2) is 0 Å². The summed E-state index contributed by atoms with van der Waals surface area (Å²) in [5.74, 6) is 0.744. The van der Waals surface area contributed by atoms with Gasteiger partial charge in [-0.15, -0.1) is 0 Å². The van der Waals surface area contributed by atoms with Gasteiger partial charge in [0.25, 0.3) is 0 Å². The van der Waals surface area contributed by atoms with Gasteiger partial charge in [0.05, 0.1) is 6.61 Å². The summed E-state index contributed by atoms with van der Waals surface area (Å²) in [6.07, 6.45) is 3.05. The molecule has 0 aliphatic heterocycles. The van der Waals surface area contributed by atoms with Gasteiger partial charge in [-0.2, -0.15) is 0 Å². The first-order chi connectivity index (χ1) is 6.61. The van der Waals surface area contributed by atoms with Gasteiger partial charge >= 0.3 is 0 Å². The predicted molar refractivity (Wildman–Crippen MR) is 59.3 cm³/mol. The molecule has 86 valence electrons. The van der Waals surface area contributed by atoms with Gasteiger partial charge in [-0.1, -0.05) is 13.8 Å². The lowest BCUT2D eigenvalue weighted by atomic mass is 10.1. The minimum absolute atomic E-state index is 0.118. The molecule has 0 spiro atoms. The zero-order chi connectivity index (χ0) is 11.0. The molecular weight excluding hydrogens is 178 g/mol. The van der Waals surface area contributed by atoms with E-state index in [9.17, 15) is 0 Å². The fraction of sp³-hybridized carbons (Fsp3) is 1.00. The maximum absolute atomic E-state index is 9.08. The average molecular weight is 203 g/mol. The molecule has 0 radical (unpaired) electrons. The van der Waals surface area contributed by atoms with E-state index in [1.54, 1.807) is 0 Å². The Morgan fingerprint density at radius 2 is 1.79 bits per heavy atom. The van der Waals surface area contributed by atoms with Crippen LogP contribution in [0.25, 0.3) is 0 Å². The van der Waals surface area contributed by atoms with E-state index >= 15 is 0 Å². The van der Waals surface area contributed by atoms with Crippen molar-refractivity contribution in [2.45, 2.75) is 39.2 Å². The van der Waals surface area contributed by atoms with Gasteiger partial charge < -0.3 is 15.1 Å². The van der Waals surface area contributed by atoms with Crippen LogP contribution in [0.2, 0.25) is 0 Å². The molecule has 1 atom stereocenters. The minimum atomic E-state index is 0.118. The van der Waals surface area contributed by atoms with Crippen molar-refractivity contribution in [1.29, 1.82) is 0 Å². The van der Waals surface area contributed by atoms with Crippen LogP contribution in [0.4, 0.5) is 0 Å². The summed E-state index contributed by atoms with van der Waals surface area (Å²) in [6.45, 7) is 5.73. The molecule has 0 amide bonds. The zero-order valence-corrected chi connectivity index (χ0v) is 9.74. The van der Waals surface area contributed by atoms with Crippen LogP contribution in [0, 0.1) is 5.92 Å². The summed E-state index contributed by atoms with van der Waals surface area (Å²) in [5, 5.41) is 17.9. The van der Waals surface area contributed by atoms with E-state index in [1.165, 1.54) is 6.42 Å². The Kier molecular flexibility index (Phi) is 8.14. The highest BCUT2D eigenvalue weighted by atomic mass is 16.3. The van der Waals surface area contributed by atoms with Gasteiger partial charge in [-0.05, 0) is 38.8 Å². The molecule has 0 heterocycles. The van der Waals surface area contributed by atoms with E-state index in [0.717, 1.165) is 18.9 Å². The number of rotatable bonds is 8. The lowest BCUT2D eigenvalue weighted by Crippen LogP contribution is -2.36. The quantitative estimate of drug-likeness (QED) is 0.621. The first kappa shape index (κ1) is 13.9. The molecule has 0 saturated carbocycles. The van der Waals surface area contributed by atoms with E-state index in [4.69, 9.17) is 10.2 Å². The Bertz CT molecular complexity index is 128. The minimum Gasteiger partial charge on any atom is -0.396 e. The van der Waals surface area contributed by atoms with Crippen LogP contribution in [-0.2, 0) is 0 Å². The maximum Gasteiger partial charge on any atom is 0.0587 e. The van der Waals surface area contributed by atoms with E-state index in [-0.39, 0.29) is 19.3 Å². The summed E-state index contributed by atoms with van der Waals surface area (Å²) in [6, 6.07) is 0.118. The summed E-state index contributed by atoms with van der Waals surface area (Å²) in [4.78, 5) is 2.14. The lowest BCUT2D eigenvalue weighted by Gasteiger charge is -2.26. The van der Waals surface area contributed by atoms with Crippen molar-refractivity contribution in [1.82, 2.24) is 4.90 Å². The molecule has 1 unspecified atom stereocenters. The molecule has 2 N–H and O–H groups in total. The van der Waals surface area contributed by atoms with Crippen LogP contribution in [0.1, 0.15) is 33.1 Å². The van der Waals surface area contributed by atoms with Gasteiger partial charge in [0.1, 0.15) is 0 Å². The lowest BCUT2D eigenvalue weighted by molar-refractivity contribution is 0.117.